The second-order valence-corrected chi connectivity index (χ2v) is 7.23. The third-order valence-electron chi connectivity index (χ3n) is 5.06. The fraction of sp³-hybridized carbons (Fsp3) is 0.867. The van der Waals surface area contributed by atoms with Crippen LogP contribution in [0.2, 0.25) is 0 Å². The molecule has 2 aliphatic carbocycles. The van der Waals surface area contributed by atoms with Gasteiger partial charge in [0.2, 0.25) is 5.91 Å². The highest BCUT2D eigenvalue weighted by Crippen LogP contribution is 2.49. The number of rotatable bonds is 5. The maximum Gasteiger partial charge on any atom is 0.230 e. The summed E-state index contributed by atoms with van der Waals surface area (Å²) >= 11 is 5.03. The lowest BCUT2D eigenvalue weighted by atomic mass is 9.83. The molecule has 0 spiro atoms. The van der Waals surface area contributed by atoms with Crippen molar-refractivity contribution >= 4 is 23.1 Å². The Bertz CT molecular complexity index is 369. The molecular weight excluding hydrogens is 256 g/mol. The van der Waals surface area contributed by atoms with Crippen LogP contribution in [0.1, 0.15) is 46.5 Å². The van der Waals surface area contributed by atoms with Gasteiger partial charge in [-0.25, -0.2) is 0 Å². The summed E-state index contributed by atoms with van der Waals surface area (Å²) in [5.41, 5.74) is 5.70. The lowest BCUT2D eigenvalue weighted by Gasteiger charge is -2.30. The lowest BCUT2D eigenvalue weighted by Crippen LogP contribution is -2.47. The average molecular weight is 282 g/mol. The van der Waals surface area contributed by atoms with E-state index in [0.29, 0.717) is 10.9 Å². The van der Waals surface area contributed by atoms with Gasteiger partial charge < -0.3 is 11.1 Å². The molecule has 0 aromatic carbocycles. The smallest absolute Gasteiger partial charge is 0.230 e. The molecule has 0 radical (unpaired) electrons. The Balaban J connectivity index is 1.93. The molecule has 2 aliphatic rings. The van der Waals surface area contributed by atoms with Crippen LogP contribution in [-0.2, 0) is 4.79 Å². The highest BCUT2D eigenvalue weighted by atomic mass is 32.1. The first kappa shape index (κ1) is 14.8. The first-order chi connectivity index (χ1) is 8.90. The van der Waals surface area contributed by atoms with Gasteiger partial charge in [0, 0.05) is 6.04 Å². The molecule has 2 bridgehead atoms. The number of carbonyl (C=O) groups excluding carboxylic acids is 1. The number of amides is 1. The fourth-order valence-electron chi connectivity index (χ4n) is 4.09. The topological polar surface area (TPSA) is 55.1 Å². The van der Waals surface area contributed by atoms with Gasteiger partial charge in [-0.05, 0) is 49.9 Å². The van der Waals surface area contributed by atoms with Crippen LogP contribution in [0.5, 0.6) is 0 Å². The first-order valence-electron chi connectivity index (χ1n) is 7.49. The summed E-state index contributed by atoms with van der Waals surface area (Å²) < 4.78 is 0. The van der Waals surface area contributed by atoms with Gasteiger partial charge >= 0.3 is 0 Å². The fourth-order valence-corrected chi connectivity index (χ4v) is 4.47. The van der Waals surface area contributed by atoms with Gasteiger partial charge in [0.1, 0.15) is 0 Å². The molecule has 0 aliphatic heterocycles. The van der Waals surface area contributed by atoms with Gasteiger partial charge in [-0.1, -0.05) is 32.5 Å². The van der Waals surface area contributed by atoms with E-state index in [1.165, 1.54) is 25.7 Å². The van der Waals surface area contributed by atoms with Crippen molar-refractivity contribution in [2.45, 2.75) is 52.5 Å². The second-order valence-electron chi connectivity index (χ2n) is 6.76. The molecule has 2 fully saturated rings. The van der Waals surface area contributed by atoms with Gasteiger partial charge in [-0.15, -0.1) is 0 Å². The minimum atomic E-state index is -0.337. The highest BCUT2D eigenvalue weighted by molar-refractivity contribution is 7.80. The van der Waals surface area contributed by atoms with Gasteiger partial charge in [0.15, 0.2) is 0 Å². The maximum atomic E-state index is 12.3. The monoisotopic (exact) mass is 282 g/mol. The largest absolute Gasteiger partial charge is 0.393 e. The summed E-state index contributed by atoms with van der Waals surface area (Å²) in [7, 11) is 0. The molecule has 3 nitrogen and oxygen atoms in total. The molecule has 5 atom stereocenters. The zero-order chi connectivity index (χ0) is 14.2. The van der Waals surface area contributed by atoms with Crippen LogP contribution in [0.15, 0.2) is 0 Å². The Hall–Kier alpha value is -0.640. The highest BCUT2D eigenvalue weighted by Gasteiger charge is 2.42. The van der Waals surface area contributed by atoms with E-state index in [9.17, 15) is 4.79 Å². The minimum Gasteiger partial charge on any atom is -0.393 e. The summed E-state index contributed by atoms with van der Waals surface area (Å²) in [6, 6.07) is 0.249. The van der Waals surface area contributed by atoms with Crippen LogP contribution in [0.25, 0.3) is 0 Å². The van der Waals surface area contributed by atoms with Crippen molar-refractivity contribution in [2.75, 3.05) is 0 Å². The Morgan fingerprint density at radius 3 is 2.37 bits per heavy atom. The second kappa shape index (κ2) is 5.78. The van der Waals surface area contributed by atoms with E-state index >= 15 is 0 Å². The van der Waals surface area contributed by atoms with Crippen molar-refractivity contribution in [3.8, 4) is 0 Å². The molecular formula is C15H26N2OS. The van der Waals surface area contributed by atoms with E-state index in [1.807, 2.05) is 13.8 Å². The number of nitrogens with one attached hydrogen (secondary N) is 1. The van der Waals surface area contributed by atoms with E-state index in [4.69, 9.17) is 18.0 Å². The third-order valence-corrected chi connectivity index (χ3v) is 5.31. The number of nitrogens with two attached hydrogens (primary N) is 1. The van der Waals surface area contributed by atoms with Crippen molar-refractivity contribution in [1.82, 2.24) is 5.32 Å². The van der Waals surface area contributed by atoms with E-state index in [0.717, 1.165) is 11.8 Å². The molecule has 0 saturated heterocycles. The number of thiocarbonyl (C=S) groups is 1. The molecule has 3 N–H and O–H groups in total. The number of hydrogen-bond acceptors (Lipinski definition) is 2. The van der Waals surface area contributed by atoms with E-state index in [2.05, 4.69) is 12.2 Å². The van der Waals surface area contributed by atoms with Crippen LogP contribution >= 0.6 is 12.2 Å². The van der Waals surface area contributed by atoms with Crippen LogP contribution in [0.3, 0.4) is 0 Å². The third kappa shape index (κ3) is 3.10. The van der Waals surface area contributed by atoms with Crippen LogP contribution in [0, 0.1) is 29.6 Å². The van der Waals surface area contributed by atoms with Crippen molar-refractivity contribution in [2.24, 2.45) is 35.3 Å². The summed E-state index contributed by atoms with van der Waals surface area (Å²) in [5.74, 6) is 2.22. The molecule has 108 valence electrons. The Morgan fingerprint density at radius 1 is 1.26 bits per heavy atom. The van der Waals surface area contributed by atoms with Gasteiger partial charge in [0.05, 0.1) is 10.9 Å². The first-order valence-corrected chi connectivity index (χ1v) is 7.90. The zero-order valence-electron chi connectivity index (χ0n) is 12.2. The lowest BCUT2D eigenvalue weighted by molar-refractivity contribution is -0.125. The quantitative estimate of drug-likeness (QED) is 0.762. The average Bonchev–Trinajstić information content (AvgIpc) is 2.88. The van der Waals surface area contributed by atoms with Crippen LogP contribution in [0.4, 0.5) is 0 Å². The predicted molar refractivity (Wildman–Crippen MR) is 81.7 cm³/mol. The van der Waals surface area contributed by atoms with Crippen molar-refractivity contribution < 1.29 is 4.79 Å². The van der Waals surface area contributed by atoms with Gasteiger partial charge in [-0.3, -0.25) is 4.79 Å². The maximum absolute atomic E-state index is 12.3. The predicted octanol–water partition coefficient (Wildman–Crippen LogP) is 2.49. The van der Waals surface area contributed by atoms with E-state index in [1.54, 1.807) is 0 Å². The van der Waals surface area contributed by atoms with E-state index < -0.39 is 0 Å². The minimum absolute atomic E-state index is 0.0118. The Morgan fingerprint density at radius 2 is 1.95 bits per heavy atom. The van der Waals surface area contributed by atoms with Gasteiger partial charge in [-0.2, -0.15) is 0 Å². The molecule has 5 unspecified atom stereocenters. The molecule has 19 heavy (non-hydrogen) atoms. The summed E-state index contributed by atoms with van der Waals surface area (Å²) in [6.07, 6.45) is 5.39. The molecule has 0 aromatic heterocycles. The standard InChI is InChI=1S/C15H26N2OS/c1-8(2)13(14(16)19)15(18)17-9(3)12-7-10-4-5-11(12)6-10/h8-13H,4-7H2,1-3H3,(H2,16,19)(H,17,18). The summed E-state index contributed by atoms with van der Waals surface area (Å²) in [4.78, 5) is 12.6. The van der Waals surface area contributed by atoms with Gasteiger partial charge in [0.25, 0.3) is 0 Å². The van der Waals surface area contributed by atoms with E-state index in [-0.39, 0.29) is 23.8 Å². The Labute approximate surface area is 121 Å². The normalized spacial score (nSPS) is 32.3. The Kier molecular flexibility index (Phi) is 4.49. The molecule has 2 rings (SSSR count). The molecule has 1 amide bonds. The molecule has 2 saturated carbocycles. The van der Waals surface area contributed by atoms with Crippen LogP contribution < -0.4 is 11.1 Å². The van der Waals surface area contributed by atoms with Crippen molar-refractivity contribution in [3.63, 3.8) is 0 Å². The van der Waals surface area contributed by atoms with Crippen molar-refractivity contribution in [1.29, 1.82) is 0 Å². The molecule has 4 heteroatoms. The zero-order valence-corrected chi connectivity index (χ0v) is 13.0. The number of carbonyl (C=O) groups is 1. The molecule has 0 heterocycles. The van der Waals surface area contributed by atoms with Crippen LogP contribution in [-0.4, -0.2) is 16.9 Å². The SMILES string of the molecule is CC(C)C(C(=O)NC(C)C1CC2CCC1C2)C(N)=S. The number of fused-ring (bicyclic) bond motifs is 2. The molecule has 0 aromatic rings. The summed E-state index contributed by atoms with van der Waals surface area (Å²) in [5, 5.41) is 3.16. The summed E-state index contributed by atoms with van der Waals surface area (Å²) in [6.45, 7) is 6.12. The van der Waals surface area contributed by atoms with Crippen molar-refractivity contribution in [3.05, 3.63) is 0 Å². The number of hydrogen-bond donors (Lipinski definition) is 2.